The summed E-state index contributed by atoms with van der Waals surface area (Å²) in [5.41, 5.74) is 2.11. The van der Waals surface area contributed by atoms with Gasteiger partial charge in [-0.25, -0.2) is 0 Å². The molecule has 6 nitrogen and oxygen atoms in total. The summed E-state index contributed by atoms with van der Waals surface area (Å²) in [4.78, 5) is 28.2. The van der Waals surface area contributed by atoms with Crippen LogP contribution in [0.4, 0.5) is 0 Å². The molecular formula is C17H17ClN2O4. The fraction of sp³-hybridized carbons (Fsp3) is 0.294. The lowest BCUT2D eigenvalue weighted by Crippen LogP contribution is -2.36. The minimum Gasteiger partial charge on any atom is -0.493 e. The Morgan fingerprint density at radius 1 is 1.17 bits per heavy atom. The van der Waals surface area contributed by atoms with Crippen LogP contribution >= 0.6 is 11.6 Å². The number of nitrogens with one attached hydrogen (secondary N) is 1. The van der Waals surface area contributed by atoms with Crippen LogP contribution in [-0.2, 0) is 13.0 Å². The number of aromatic nitrogens is 1. The molecule has 0 saturated carbocycles. The van der Waals surface area contributed by atoms with Crippen LogP contribution in [0, 0.1) is 0 Å². The van der Waals surface area contributed by atoms with E-state index in [-0.39, 0.29) is 10.9 Å². The molecule has 2 heterocycles. The number of methoxy groups -OCH3 is 2. The van der Waals surface area contributed by atoms with E-state index in [0.29, 0.717) is 30.2 Å². The number of aromatic amines is 1. The van der Waals surface area contributed by atoms with E-state index in [1.807, 2.05) is 12.1 Å². The molecule has 3 rings (SSSR count). The van der Waals surface area contributed by atoms with Gasteiger partial charge in [-0.15, -0.1) is 0 Å². The maximum atomic E-state index is 12.6. The second kappa shape index (κ2) is 6.57. The van der Waals surface area contributed by atoms with Crippen molar-refractivity contribution in [3.8, 4) is 11.5 Å². The highest BCUT2D eigenvalue weighted by molar-refractivity contribution is 6.30. The second-order valence-electron chi connectivity index (χ2n) is 5.52. The van der Waals surface area contributed by atoms with Crippen LogP contribution in [0.1, 0.15) is 21.5 Å². The van der Waals surface area contributed by atoms with Crippen molar-refractivity contribution < 1.29 is 14.3 Å². The number of fused-ring (bicyclic) bond motifs is 1. The molecule has 0 radical (unpaired) electrons. The fourth-order valence-corrected chi connectivity index (χ4v) is 2.99. The van der Waals surface area contributed by atoms with Crippen molar-refractivity contribution in [1.29, 1.82) is 0 Å². The number of rotatable bonds is 3. The van der Waals surface area contributed by atoms with E-state index in [0.717, 1.165) is 17.5 Å². The smallest absolute Gasteiger partial charge is 0.266 e. The molecule has 0 aliphatic carbocycles. The fourth-order valence-electron chi connectivity index (χ4n) is 2.82. The van der Waals surface area contributed by atoms with Gasteiger partial charge in [0.15, 0.2) is 11.5 Å². The van der Waals surface area contributed by atoms with Gasteiger partial charge in [-0.05, 0) is 35.7 Å². The second-order valence-corrected chi connectivity index (χ2v) is 5.93. The number of hydrogen-bond donors (Lipinski definition) is 1. The van der Waals surface area contributed by atoms with E-state index in [4.69, 9.17) is 21.1 Å². The van der Waals surface area contributed by atoms with Crippen LogP contribution in [-0.4, -0.2) is 36.6 Å². The zero-order valence-electron chi connectivity index (χ0n) is 13.4. The van der Waals surface area contributed by atoms with Crippen molar-refractivity contribution in [3.63, 3.8) is 0 Å². The summed E-state index contributed by atoms with van der Waals surface area (Å²) in [5, 5.41) is 0.00432. The van der Waals surface area contributed by atoms with Gasteiger partial charge >= 0.3 is 0 Å². The first kappa shape index (κ1) is 16.4. The number of carbonyl (C=O) groups is 1. The van der Waals surface area contributed by atoms with Crippen molar-refractivity contribution in [3.05, 3.63) is 56.5 Å². The number of carbonyl (C=O) groups excluding carboxylic acids is 1. The quantitative estimate of drug-likeness (QED) is 0.923. The van der Waals surface area contributed by atoms with E-state index < -0.39 is 5.56 Å². The van der Waals surface area contributed by atoms with Crippen LogP contribution in [0.2, 0.25) is 5.02 Å². The van der Waals surface area contributed by atoms with Crippen molar-refractivity contribution in [1.82, 2.24) is 9.88 Å². The molecule has 1 N–H and O–H groups in total. The van der Waals surface area contributed by atoms with Crippen LogP contribution in [0.3, 0.4) is 0 Å². The van der Waals surface area contributed by atoms with Gasteiger partial charge in [-0.1, -0.05) is 11.6 Å². The van der Waals surface area contributed by atoms with Crippen molar-refractivity contribution in [2.45, 2.75) is 13.0 Å². The van der Waals surface area contributed by atoms with Gasteiger partial charge in [0, 0.05) is 19.3 Å². The van der Waals surface area contributed by atoms with Gasteiger partial charge in [-0.3, -0.25) is 9.59 Å². The van der Waals surface area contributed by atoms with Crippen molar-refractivity contribution >= 4 is 17.5 Å². The van der Waals surface area contributed by atoms with E-state index in [2.05, 4.69) is 4.98 Å². The summed E-state index contributed by atoms with van der Waals surface area (Å²) in [6.45, 7) is 1.04. The molecule has 1 aliphatic rings. The van der Waals surface area contributed by atoms with Gasteiger partial charge in [-0.2, -0.15) is 0 Å². The number of hydrogen-bond acceptors (Lipinski definition) is 4. The van der Waals surface area contributed by atoms with Gasteiger partial charge in [0.25, 0.3) is 11.5 Å². The van der Waals surface area contributed by atoms with Gasteiger partial charge < -0.3 is 19.4 Å². The Labute approximate surface area is 144 Å². The number of amides is 1. The summed E-state index contributed by atoms with van der Waals surface area (Å²) in [6.07, 6.45) is 2.11. The molecule has 126 valence electrons. The third kappa shape index (κ3) is 2.97. The SMILES string of the molecule is COc1cc2c(cc1OC)CN(C(=O)c1c[nH]c(=O)c(Cl)c1)CC2. The highest BCUT2D eigenvalue weighted by Gasteiger charge is 2.24. The normalized spacial score (nSPS) is 13.4. The summed E-state index contributed by atoms with van der Waals surface area (Å²) in [7, 11) is 3.18. The molecule has 0 atom stereocenters. The molecule has 0 saturated heterocycles. The summed E-state index contributed by atoms with van der Waals surface area (Å²) < 4.78 is 10.6. The van der Waals surface area contributed by atoms with Crippen LogP contribution in [0.25, 0.3) is 0 Å². The predicted molar refractivity (Wildman–Crippen MR) is 90.1 cm³/mol. The van der Waals surface area contributed by atoms with Crippen LogP contribution < -0.4 is 15.0 Å². The largest absolute Gasteiger partial charge is 0.493 e. The number of halogens is 1. The molecule has 1 aliphatic heterocycles. The summed E-state index contributed by atoms with van der Waals surface area (Å²) in [6, 6.07) is 5.24. The Balaban J connectivity index is 1.87. The average Bonchev–Trinajstić information content (AvgIpc) is 2.61. The molecule has 0 bridgehead atoms. The van der Waals surface area contributed by atoms with E-state index in [9.17, 15) is 9.59 Å². The maximum absolute atomic E-state index is 12.6. The molecule has 24 heavy (non-hydrogen) atoms. The van der Waals surface area contributed by atoms with Gasteiger partial charge in [0.05, 0.1) is 19.8 Å². The van der Waals surface area contributed by atoms with Crippen molar-refractivity contribution in [2.24, 2.45) is 0 Å². The van der Waals surface area contributed by atoms with Gasteiger partial charge in [0.2, 0.25) is 0 Å². The number of ether oxygens (including phenoxy) is 2. The number of pyridine rings is 1. The standard InChI is InChI=1S/C17H17ClN2O4/c1-23-14-6-10-3-4-20(9-12(10)7-15(14)24-2)17(22)11-5-13(18)16(21)19-8-11/h5-8H,3-4,9H2,1-2H3,(H,19,21). The summed E-state index contributed by atoms with van der Waals surface area (Å²) in [5.74, 6) is 1.15. The molecule has 1 aromatic heterocycles. The predicted octanol–water partition coefficient (Wildman–Crippen LogP) is 2.24. The zero-order valence-corrected chi connectivity index (χ0v) is 14.1. The Morgan fingerprint density at radius 2 is 1.83 bits per heavy atom. The first-order valence-corrected chi connectivity index (χ1v) is 7.82. The monoisotopic (exact) mass is 348 g/mol. The van der Waals surface area contributed by atoms with Crippen LogP contribution in [0.5, 0.6) is 11.5 Å². The summed E-state index contributed by atoms with van der Waals surface area (Å²) >= 11 is 5.81. The molecule has 1 aromatic carbocycles. The molecule has 0 fully saturated rings. The third-order valence-electron chi connectivity index (χ3n) is 4.11. The molecule has 1 amide bonds. The first-order chi connectivity index (χ1) is 11.5. The number of benzene rings is 1. The Hall–Kier alpha value is -2.47. The highest BCUT2D eigenvalue weighted by Crippen LogP contribution is 2.33. The zero-order chi connectivity index (χ0) is 17.3. The van der Waals surface area contributed by atoms with E-state index >= 15 is 0 Å². The lowest BCUT2D eigenvalue weighted by Gasteiger charge is -2.29. The molecular weight excluding hydrogens is 332 g/mol. The van der Waals surface area contributed by atoms with Crippen molar-refractivity contribution in [2.75, 3.05) is 20.8 Å². The molecule has 0 unspecified atom stereocenters. The molecule has 2 aromatic rings. The lowest BCUT2D eigenvalue weighted by atomic mass is 9.98. The average molecular weight is 349 g/mol. The minimum absolute atomic E-state index is 0.00432. The molecule has 0 spiro atoms. The molecule has 7 heteroatoms. The maximum Gasteiger partial charge on any atom is 0.266 e. The van der Waals surface area contributed by atoms with Gasteiger partial charge in [0.1, 0.15) is 5.02 Å². The van der Waals surface area contributed by atoms with E-state index in [1.165, 1.54) is 12.3 Å². The topological polar surface area (TPSA) is 71.6 Å². The Morgan fingerprint density at radius 3 is 2.46 bits per heavy atom. The minimum atomic E-state index is -0.408. The third-order valence-corrected chi connectivity index (χ3v) is 4.39. The van der Waals surface area contributed by atoms with E-state index in [1.54, 1.807) is 19.1 Å². The number of nitrogens with zero attached hydrogens (tertiary/aromatic N) is 1. The highest BCUT2D eigenvalue weighted by atomic mass is 35.5. The number of H-pyrrole nitrogens is 1. The lowest BCUT2D eigenvalue weighted by molar-refractivity contribution is 0.0734. The Bertz CT molecular complexity index is 847. The Kier molecular flexibility index (Phi) is 4.49. The first-order valence-electron chi connectivity index (χ1n) is 7.44. The van der Waals surface area contributed by atoms with Crippen LogP contribution in [0.15, 0.2) is 29.2 Å².